The first kappa shape index (κ1) is 11.8. The van der Waals surface area contributed by atoms with Crippen molar-refractivity contribution in [3.63, 3.8) is 0 Å². The van der Waals surface area contributed by atoms with Gasteiger partial charge in [0.2, 0.25) is 0 Å². The fraction of sp³-hybridized carbons (Fsp3) is 0.462. The molecule has 0 amide bonds. The Morgan fingerprint density at radius 1 is 1.06 bits per heavy atom. The van der Waals surface area contributed by atoms with Crippen LogP contribution in [0.2, 0.25) is 0 Å². The van der Waals surface area contributed by atoms with Crippen molar-refractivity contribution >= 4 is 0 Å². The number of tetrazole rings is 1. The number of benzene rings is 1. The lowest BCUT2D eigenvalue weighted by molar-refractivity contribution is 0.590. The van der Waals surface area contributed by atoms with E-state index in [-0.39, 0.29) is 5.41 Å². The summed E-state index contributed by atoms with van der Waals surface area (Å²) < 4.78 is 0. The second kappa shape index (κ2) is 4.65. The van der Waals surface area contributed by atoms with Crippen molar-refractivity contribution in [2.45, 2.75) is 39.0 Å². The molecule has 1 aromatic carbocycles. The van der Waals surface area contributed by atoms with E-state index < -0.39 is 0 Å². The number of nitrogens with one attached hydrogen (secondary N) is 1. The number of rotatable bonds is 3. The molecule has 4 heteroatoms. The van der Waals surface area contributed by atoms with Crippen LogP contribution in [0, 0.1) is 0 Å². The number of hydrogen-bond acceptors (Lipinski definition) is 3. The Bertz CT molecular complexity index is 451. The number of hydrogen-bond donors (Lipinski definition) is 1. The minimum Gasteiger partial charge on any atom is -0.177 e. The van der Waals surface area contributed by atoms with E-state index in [4.69, 9.17) is 0 Å². The van der Waals surface area contributed by atoms with Gasteiger partial charge in [0.1, 0.15) is 0 Å². The Morgan fingerprint density at radius 2 is 1.76 bits per heavy atom. The van der Waals surface area contributed by atoms with E-state index in [0.717, 1.165) is 18.7 Å². The van der Waals surface area contributed by atoms with Crippen molar-refractivity contribution in [2.75, 3.05) is 0 Å². The summed E-state index contributed by atoms with van der Waals surface area (Å²) in [5.74, 6) is 0.768. The lowest BCUT2D eigenvalue weighted by atomic mass is 9.86. The molecule has 0 aliphatic carbocycles. The van der Waals surface area contributed by atoms with Gasteiger partial charge in [0.25, 0.3) is 0 Å². The Balaban J connectivity index is 1.99. The molecule has 0 aliphatic rings. The van der Waals surface area contributed by atoms with E-state index in [0.29, 0.717) is 0 Å². The molecule has 0 atom stereocenters. The van der Waals surface area contributed by atoms with Gasteiger partial charge in [-0.15, -0.1) is 10.2 Å². The van der Waals surface area contributed by atoms with Crippen molar-refractivity contribution in [3.05, 3.63) is 41.2 Å². The van der Waals surface area contributed by atoms with Crippen LogP contribution in [0.3, 0.4) is 0 Å². The average Bonchev–Trinajstić information content (AvgIpc) is 2.78. The first-order valence-electron chi connectivity index (χ1n) is 5.87. The molecular formula is C13H18N4. The maximum Gasteiger partial charge on any atom is 0.174 e. The lowest BCUT2D eigenvalue weighted by Crippen LogP contribution is -2.10. The number of nitrogens with zero attached hydrogens (tertiary/aromatic N) is 3. The molecule has 4 nitrogen and oxygen atoms in total. The molecule has 0 saturated heterocycles. The van der Waals surface area contributed by atoms with Gasteiger partial charge in [0, 0.05) is 6.42 Å². The Morgan fingerprint density at radius 3 is 2.29 bits per heavy atom. The van der Waals surface area contributed by atoms with Gasteiger partial charge in [-0.3, -0.25) is 0 Å². The largest absolute Gasteiger partial charge is 0.177 e. The minimum atomic E-state index is 0.214. The van der Waals surface area contributed by atoms with E-state index in [1.807, 2.05) is 0 Å². The quantitative estimate of drug-likeness (QED) is 0.880. The first-order valence-corrected chi connectivity index (χ1v) is 5.87. The van der Waals surface area contributed by atoms with Gasteiger partial charge in [-0.05, 0) is 23.0 Å². The van der Waals surface area contributed by atoms with Crippen LogP contribution in [0.4, 0.5) is 0 Å². The van der Waals surface area contributed by atoms with Gasteiger partial charge >= 0.3 is 0 Å². The van der Waals surface area contributed by atoms with Crippen molar-refractivity contribution in [1.29, 1.82) is 0 Å². The smallest absolute Gasteiger partial charge is 0.174 e. The molecule has 17 heavy (non-hydrogen) atoms. The summed E-state index contributed by atoms with van der Waals surface area (Å²) in [6, 6.07) is 8.76. The van der Waals surface area contributed by atoms with Crippen LogP contribution < -0.4 is 0 Å². The fourth-order valence-electron chi connectivity index (χ4n) is 1.72. The van der Waals surface area contributed by atoms with Crippen LogP contribution in [0.1, 0.15) is 37.7 Å². The van der Waals surface area contributed by atoms with Gasteiger partial charge in [-0.25, -0.2) is 0 Å². The first-order chi connectivity index (χ1) is 8.05. The molecule has 2 rings (SSSR count). The standard InChI is InChI=1S/C13H18N4/c1-13(2,3)11-7-4-10(5-8-11)6-9-12-14-16-17-15-12/h4-5,7-8H,6,9H2,1-3H3,(H,14,15,16,17). The second-order valence-electron chi connectivity index (χ2n) is 5.27. The summed E-state index contributed by atoms with van der Waals surface area (Å²) in [4.78, 5) is 0. The summed E-state index contributed by atoms with van der Waals surface area (Å²) in [5.41, 5.74) is 2.88. The zero-order valence-electron chi connectivity index (χ0n) is 10.6. The summed E-state index contributed by atoms with van der Waals surface area (Å²) in [6.07, 6.45) is 1.77. The molecule has 0 fully saturated rings. The summed E-state index contributed by atoms with van der Waals surface area (Å²) >= 11 is 0. The normalized spacial score (nSPS) is 11.7. The van der Waals surface area contributed by atoms with Crippen LogP contribution in [-0.2, 0) is 18.3 Å². The maximum absolute atomic E-state index is 3.94. The topological polar surface area (TPSA) is 54.5 Å². The van der Waals surface area contributed by atoms with Gasteiger partial charge in [0.15, 0.2) is 5.82 Å². The fourth-order valence-corrected chi connectivity index (χ4v) is 1.72. The number of aromatic nitrogens is 4. The van der Waals surface area contributed by atoms with Crippen molar-refractivity contribution < 1.29 is 0 Å². The van der Waals surface area contributed by atoms with Crippen LogP contribution in [-0.4, -0.2) is 20.6 Å². The average molecular weight is 230 g/mol. The molecule has 2 aromatic rings. The van der Waals surface area contributed by atoms with Gasteiger partial charge in [-0.1, -0.05) is 50.3 Å². The zero-order chi connectivity index (χ0) is 12.3. The third-order valence-corrected chi connectivity index (χ3v) is 2.85. The van der Waals surface area contributed by atoms with Crippen LogP contribution >= 0.6 is 0 Å². The minimum absolute atomic E-state index is 0.214. The van der Waals surface area contributed by atoms with E-state index in [9.17, 15) is 0 Å². The van der Waals surface area contributed by atoms with Gasteiger partial charge in [-0.2, -0.15) is 5.21 Å². The number of aryl methyl sites for hydroxylation is 2. The van der Waals surface area contributed by atoms with Crippen LogP contribution in [0.5, 0.6) is 0 Å². The zero-order valence-corrected chi connectivity index (χ0v) is 10.6. The van der Waals surface area contributed by atoms with Crippen molar-refractivity contribution in [2.24, 2.45) is 0 Å². The predicted octanol–water partition coefficient (Wildman–Crippen LogP) is 2.28. The Kier molecular flexibility index (Phi) is 3.22. The summed E-state index contributed by atoms with van der Waals surface area (Å²) in [5, 5.41) is 13.9. The molecule has 0 bridgehead atoms. The number of aromatic amines is 1. The van der Waals surface area contributed by atoms with Crippen molar-refractivity contribution in [3.8, 4) is 0 Å². The second-order valence-corrected chi connectivity index (χ2v) is 5.27. The molecule has 1 N–H and O–H groups in total. The molecule has 0 aliphatic heterocycles. The Labute approximate surface area is 101 Å². The van der Waals surface area contributed by atoms with E-state index in [1.165, 1.54) is 11.1 Å². The highest BCUT2D eigenvalue weighted by Gasteiger charge is 2.12. The summed E-state index contributed by atoms with van der Waals surface area (Å²) in [6.45, 7) is 6.67. The molecule has 1 heterocycles. The number of H-pyrrole nitrogens is 1. The molecule has 0 radical (unpaired) electrons. The SMILES string of the molecule is CC(C)(C)c1ccc(CCc2nn[nH]n2)cc1. The maximum atomic E-state index is 3.94. The Hall–Kier alpha value is -1.71. The molecule has 90 valence electrons. The van der Waals surface area contributed by atoms with Gasteiger partial charge < -0.3 is 0 Å². The third kappa shape index (κ3) is 3.12. The predicted molar refractivity (Wildman–Crippen MR) is 66.7 cm³/mol. The molecule has 0 saturated carbocycles. The highest BCUT2D eigenvalue weighted by Crippen LogP contribution is 2.22. The highest BCUT2D eigenvalue weighted by atomic mass is 15.5. The third-order valence-electron chi connectivity index (χ3n) is 2.85. The lowest BCUT2D eigenvalue weighted by Gasteiger charge is -2.19. The summed E-state index contributed by atoms with van der Waals surface area (Å²) in [7, 11) is 0. The van der Waals surface area contributed by atoms with E-state index in [2.05, 4.69) is 65.7 Å². The van der Waals surface area contributed by atoms with Crippen LogP contribution in [0.15, 0.2) is 24.3 Å². The molecular weight excluding hydrogens is 212 g/mol. The molecule has 1 aromatic heterocycles. The monoisotopic (exact) mass is 230 g/mol. The van der Waals surface area contributed by atoms with E-state index in [1.54, 1.807) is 0 Å². The molecule has 0 unspecified atom stereocenters. The van der Waals surface area contributed by atoms with Crippen LogP contribution in [0.25, 0.3) is 0 Å². The molecule has 0 spiro atoms. The van der Waals surface area contributed by atoms with E-state index >= 15 is 0 Å². The highest BCUT2D eigenvalue weighted by molar-refractivity contribution is 5.27. The van der Waals surface area contributed by atoms with Crippen molar-refractivity contribution in [1.82, 2.24) is 20.6 Å². The van der Waals surface area contributed by atoms with Gasteiger partial charge in [0.05, 0.1) is 0 Å².